The number of nitrogens with zero attached hydrogens (tertiary/aromatic N) is 4. The quantitative estimate of drug-likeness (QED) is 0.680. The van der Waals surface area contributed by atoms with Crippen LogP contribution in [0.2, 0.25) is 0 Å². The minimum Gasteiger partial charge on any atom is -0.312 e. The molecule has 1 aromatic heterocycles. The van der Waals surface area contributed by atoms with Gasteiger partial charge in [0.2, 0.25) is 17.8 Å². The highest BCUT2D eigenvalue weighted by Crippen LogP contribution is 2.33. The molecule has 2 aliphatic heterocycles. The van der Waals surface area contributed by atoms with E-state index in [0.29, 0.717) is 19.0 Å². The van der Waals surface area contributed by atoms with Crippen molar-refractivity contribution in [3.63, 3.8) is 0 Å². The van der Waals surface area contributed by atoms with E-state index < -0.39 is 0 Å². The van der Waals surface area contributed by atoms with Gasteiger partial charge in [-0.15, -0.1) is 0 Å². The zero-order valence-electron chi connectivity index (χ0n) is 16.2. The summed E-state index contributed by atoms with van der Waals surface area (Å²) < 4.78 is 2.10. The molecule has 0 radical (unpaired) electrons. The molecular formula is C23H22N4O2. The van der Waals surface area contributed by atoms with Gasteiger partial charge in [-0.25, -0.2) is 4.98 Å². The highest BCUT2D eigenvalue weighted by Gasteiger charge is 2.40. The van der Waals surface area contributed by atoms with Crippen LogP contribution in [0.1, 0.15) is 24.0 Å². The van der Waals surface area contributed by atoms with Crippen LogP contribution in [-0.2, 0) is 29.0 Å². The van der Waals surface area contributed by atoms with Gasteiger partial charge in [0.05, 0.1) is 17.0 Å². The third kappa shape index (κ3) is 2.51. The predicted molar refractivity (Wildman–Crippen MR) is 111 cm³/mol. The smallest absolute Gasteiger partial charge is 0.234 e. The van der Waals surface area contributed by atoms with Crippen molar-refractivity contribution >= 4 is 34.5 Å². The summed E-state index contributed by atoms with van der Waals surface area (Å²) in [5, 5.41) is 0. The van der Waals surface area contributed by atoms with Crippen molar-refractivity contribution in [1.29, 1.82) is 0 Å². The Kier molecular flexibility index (Phi) is 3.57. The van der Waals surface area contributed by atoms with E-state index in [-0.39, 0.29) is 24.2 Å². The molecule has 3 heterocycles. The van der Waals surface area contributed by atoms with Crippen LogP contribution in [0.3, 0.4) is 0 Å². The van der Waals surface area contributed by atoms with Crippen LogP contribution >= 0.6 is 0 Å². The average Bonchev–Trinajstić information content (AvgIpc) is 3.49. The van der Waals surface area contributed by atoms with E-state index in [4.69, 9.17) is 0 Å². The highest BCUT2D eigenvalue weighted by molar-refractivity contribution is 6.04. The second-order valence-electron chi connectivity index (χ2n) is 8.25. The predicted octanol–water partition coefficient (Wildman–Crippen LogP) is 2.92. The van der Waals surface area contributed by atoms with E-state index in [1.54, 1.807) is 9.80 Å². The van der Waals surface area contributed by atoms with E-state index in [1.807, 2.05) is 30.3 Å². The van der Waals surface area contributed by atoms with Crippen molar-refractivity contribution in [2.24, 2.45) is 5.92 Å². The van der Waals surface area contributed by atoms with Crippen molar-refractivity contribution < 1.29 is 9.59 Å². The molecule has 0 bridgehead atoms. The molecule has 0 N–H and O–H groups in total. The third-order valence-corrected chi connectivity index (χ3v) is 6.56. The Morgan fingerprint density at radius 2 is 1.90 bits per heavy atom. The third-order valence-electron chi connectivity index (χ3n) is 6.56. The second-order valence-corrected chi connectivity index (χ2v) is 8.25. The first-order valence-electron chi connectivity index (χ1n) is 10.4. The van der Waals surface area contributed by atoms with Gasteiger partial charge >= 0.3 is 0 Å². The first-order valence-corrected chi connectivity index (χ1v) is 10.4. The van der Waals surface area contributed by atoms with Crippen LogP contribution in [0.5, 0.6) is 0 Å². The van der Waals surface area contributed by atoms with Gasteiger partial charge in [-0.2, -0.15) is 0 Å². The SMILES string of the molecule is O=C1C[C@@H](C(=O)N2CCn3c2nc2ccccc23)CN1c1ccc2c(c1)CCC2. The molecule has 6 rings (SSSR count). The number of hydrogen-bond acceptors (Lipinski definition) is 3. The van der Waals surface area contributed by atoms with Gasteiger partial charge in [0.1, 0.15) is 0 Å². The highest BCUT2D eigenvalue weighted by atomic mass is 16.2. The summed E-state index contributed by atoms with van der Waals surface area (Å²) in [6.07, 6.45) is 3.66. The number of carbonyl (C=O) groups excluding carboxylic acids is 2. The van der Waals surface area contributed by atoms with E-state index >= 15 is 0 Å². The van der Waals surface area contributed by atoms with E-state index in [0.717, 1.165) is 36.1 Å². The lowest BCUT2D eigenvalue weighted by molar-refractivity contribution is -0.124. The van der Waals surface area contributed by atoms with Crippen LogP contribution in [0, 0.1) is 5.92 Å². The number of aromatic nitrogens is 2. The maximum atomic E-state index is 13.3. The van der Waals surface area contributed by atoms with Crippen LogP contribution in [0.15, 0.2) is 42.5 Å². The second kappa shape index (κ2) is 6.17. The number of para-hydroxylation sites is 2. The lowest BCUT2D eigenvalue weighted by Gasteiger charge is -2.20. The Bertz CT molecular complexity index is 1160. The number of anilines is 2. The van der Waals surface area contributed by atoms with Crippen LogP contribution < -0.4 is 9.80 Å². The van der Waals surface area contributed by atoms with E-state index in [9.17, 15) is 9.59 Å². The molecule has 1 atom stereocenters. The fourth-order valence-electron chi connectivity index (χ4n) is 5.07. The lowest BCUT2D eigenvalue weighted by atomic mass is 10.1. The summed E-state index contributed by atoms with van der Waals surface area (Å²) in [6, 6.07) is 14.3. The number of fused-ring (bicyclic) bond motifs is 4. The summed E-state index contributed by atoms with van der Waals surface area (Å²) >= 11 is 0. The topological polar surface area (TPSA) is 58.4 Å². The van der Waals surface area contributed by atoms with Crippen molar-refractivity contribution in [2.75, 3.05) is 22.9 Å². The molecule has 6 nitrogen and oxygen atoms in total. The Morgan fingerprint density at radius 3 is 2.83 bits per heavy atom. The molecule has 29 heavy (non-hydrogen) atoms. The monoisotopic (exact) mass is 386 g/mol. The first kappa shape index (κ1) is 16.8. The van der Waals surface area contributed by atoms with Gasteiger partial charge in [-0.3, -0.25) is 14.5 Å². The fraction of sp³-hybridized carbons (Fsp3) is 0.348. The molecule has 0 spiro atoms. The standard InChI is InChI=1S/C23H22N4O2/c28-21-13-17(14-27(21)18-9-8-15-4-3-5-16(15)12-18)22(29)26-11-10-25-20-7-2-1-6-19(20)24-23(25)26/h1-2,6-9,12,17H,3-5,10-11,13-14H2/t17-/m1/s1. The number of amides is 2. The number of carbonyl (C=O) groups is 2. The molecule has 1 saturated heterocycles. The van der Waals surface area contributed by atoms with E-state index in [1.165, 1.54) is 17.5 Å². The molecule has 2 amide bonds. The molecule has 6 heteroatoms. The van der Waals surface area contributed by atoms with Crippen molar-refractivity contribution in [3.05, 3.63) is 53.6 Å². The number of hydrogen-bond donors (Lipinski definition) is 0. The molecule has 1 fully saturated rings. The Balaban J connectivity index is 1.26. The van der Waals surface area contributed by atoms with Crippen LogP contribution in [0.25, 0.3) is 11.0 Å². The van der Waals surface area contributed by atoms with Crippen LogP contribution in [-0.4, -0.2) is 34.5 Å². The summed E-state index contributed by atoms with van der Waals surface area (Å²) in [6.45, 7) is 1.82. The molecule has 146 valence electrons. The maximum Gasteiger partial charge on any atom is 0.234 e. The molecule has 2 aromatic carbocycles. The fourth-order valence-corrected chi connectivity index (χ4v) is 5.07. The maximum absolute atomic E-state index is 13.3. The number of aryl methyl sites for hydroxylation is 2. The molecule has 0 saturated carbocycles. The normalized spacial score (nSPS) is 20.6. The Morgan fingerprint density at radius 1 is 1.03 bits per heavy atom. The number of imidazole rings is 1. The zero-order chi connectivity index (χ0) is 19.5. The molecule has 0 unspecified atom stereocenters. The largest absolute Gasteiger partial charge is 0.312 e. The first-order chi connectivity index (χ1) is 14.2. The Labute approximate surface area is 168 Å². The minimum absolute atomic E-state index is 0.0102. The van der Waals surface area contributed by atoms with Crippen molar-refractivity contribution in [2.45, 2.75) is 32.2 Å². The van der Waals surface area contributed by atoms with Gasteiger partial charge in [0.25, 0.3) is 0 Å². The van der Waals surface area contributed by atoms with Crippen LogP contribution in [0.4, 0.5) is 11.6 Å². The van der Waals surface area contributed by atoms with Gasteiger partial charge in [0.15, 0.2) is 0 Å². The molecule has 1 aliphatic carbocycles. The Hall–Kier alpha value is -3.15. The zero-order valence-corrected chi connectivity index (χ0v) is 16.2. The summed E-state index contributed by atoms with van der Waals surface area (Å²) in [7, 11) is 0. The van der Waals surface area contributed by atoms with Gasteiger partial charge in [-0.05, 0) is 54.7 Å². The van der Waals surface area contributed by atoms with Crippen molar-refractivity contribution in [3.8, 4) is 0 Å². The number of benzene rings is 2. The minimum atomic E-state index is -0.317. The summed E-state index contributed by atoms with van der Waals surface area (Å²) in [5.74, 6) is 0.437. The van der Waals surface area contributed by atoms with Gasteiger partial charge < -0.3 is 9.47 Å². The summed E-state index contributed by atoms with van der Waals surface area (Å²) in [4.78, 5) is 34.2. The van der Waals surface area contributed by atoms with Gasteiger partial charge in [-0.1, -0.05) is 18.2 Å². The molecular weight excluding hydrogens is 364 g/mol. The summed E-state index contributed by atoms with van der Waals surface area (Å²) in [5.41, 5.74) is 5.63. The number of rotatable bonds is 2. The van der Waals surface area contributed by atoms with Gasteiger partial charge in [0, 0.05) is 31.7 Å². The van der Waals surface area contributed by atoms with Crippen molar-refractivity contribution in [1.82, 2.24) is 9.55 Å². The lowest BCUT2D eigenvalue weighted by Crippen LogP contribution is -2.36. The van der Waals surface area contributed by atoms with E-state index in [2.05, 4.69) is 21.7 Å². The molecule has 3 aliphatic rings. The molecule has 3 aromatic rings. The average molecular weight is 386 g/mol.